The number of amides is 1. The molecule has 0 fully saturated rings. The molecule has 1 aromatic rings. The number of rotatable bonds is 8. The van der Waals surface area contributed by atoms with Gasteiger partial charge in [0.25, 0.3) is 5.91 Å². The lowest BCUT2D eigenvalue weighted by Crippen LogP contribution is -2.53. The Bertz CT molecular complexity index is 469. The fourth-order valence-electron chi connectivity index (χ4n) is 2.53. The van der Waals surface area contributed by atoms with E-state index < -0.39 is 0 Å². The lowest BCUT2D eigenvalue weighted by atomic mass is 9.96. The van der Waals surface area contributed by atoms with E-state index in [4.69, 9.17) is 9.63 Å². The largest absolute Gasteiger partial charge is 0.388 e. The van der Waals surface area contributed by atoms with E-state index >= 15 is 0 Å². The van der Waals surface area contributed by atoms with Crippen LogP contribution >= 0.6 is 0 Å². The van der Waals surface area contributed by atoms with Crippen LogP contribution in [0.1, 0.15) is 55.9 Å². The van der Waals surface area contributed by atoms with Crippen molar-refractivity contribution in [2.75, 3.05) is 19.6 Å². The average Bonchev–Trinajstić information content (AvgIpc) is 2.86. The second-order valence-corrected chi connectivity index (χ2v) is 5.44. The molecule has 0 saturated carbocycles. The molecule has 0 spiro atoms. The van der Waals surface area contributed by atoms with Crippen LogP contribution in [0.15, 0.2) is 4.52 Å². The van der Waals surface area contributed by atoms with Crippen molar-refractivity contribution < 1.29 is 14.4 Å². The number of carbonyl (C=O) groups excluding carboxylic acids is 1. The van der Waals surface area contributed by atoms with Crippen molar-refractivity contribution in [2.24, 2.45) is 0 Å². The predicted molar refractivity (Wildman–Crippen MR) is 81.1 cm³/mol. The fraction of sp³-hybridized carbons (Fsp3) is 0.733. The van der Waals surface area contributed by atoms with Crippen molar-refractivity contribution in [3.05, 3.63) is 17.0 Å². The summed E-state index contributed by atoms with van der Waals surface area (Å²) in [6.07, 6.45) is 0.939. The van der Waals surface area contributed by atoms with Crippen LogP contribution in [0, 0.1) is 6.92 Å². The molecule has 1 unspecified atom stereocenters. The molecule has 0 aliphatic heterocycles. The first kappa shape index (κ1) is 17.7. The van der Waals surface area contributed by atoms with Gasteiger partial charge in [-0.25, -0.2) is 0 Å². The van der Waals surface area contributed by atoms with Gasteiger partial charge in [0.15, 0.2) is 11.5 Å². The van der Waals surface area contributed by atoms with Crippen molar-refractivity contribution in [2.45, 2.75) is 53.2 Å². The van der Waals surface area contributed by atoms with Crippen LogP contribution < -0.4 is 5.32 Å². The summed E-state index contributed by atoms with van der Waals surface area (Å²) in [7, 11) is 0. The highest BCUT2D eigenvalue weighted by molar-refractivity contribution is 5.93. The molecule has 6 nitrogen and oxygen atoms in total. The molecule has 1 aromatic heterocycles. The van der Waals surface area contributed by atoms with Gasteiger partial charge in [-0.1, -0.05) is 25.9 Å². The number of nitrogens with zero attached hydrogens (tertiary/aromatic N) is 2. The van der Waals surface area contributed by atoms with Gasteiger partial charge in [-0.2, -0.15) is 0 Å². The summed E-state index contributed by atoms with van der Waals surface area (Å²) in [6.45, 7) is 12.4. The number of nitrogens with one attached hydrogen (secondary N) is 1. The zero-order valence-electron chi connectivity index (χ0n) is 13.7. The monoisotopic (exact) mass is 297 g/mol. The van der Waals surface area contributed by atoms with E-state index in [1.54, 1.807) is 6.92 Å². The normalized spacial score (nSPS) is 14.2. The number of hydrogen-bond donors (Lipinski definition) is 2. The first-order chi connectivity index (χ1) is 9.93. The van der Waals surface area contributed by atoms with E-state index in [9.17, 15) is 4.79 Å². The van der Waals surface area contributed by atoms with Gasteiger partial charge in [-0.15, -0.1) is 0 Å². The van der Waals surface area contributed by atoms with Crippen LogP contribution in [0.5, 0.6) is 0 Å². The first-order valence-electron chi connectivity index (χ1n) is 7.52. The second kappa shape index (κ2) is 7.56. The zero-order valence-corrected chi connectivity index (χ0v) is 13.7. The van der Waals surface area contributed by atoms with E-state index in [1.165, 1.54) is 0 Å². The maximum absolute atomic E-state index is 12.2. The summed E-state index contributed by atoms with van der Waals surface area (Å²) in [5.74, 6) is 0.0740. The zero-order chi connectivity index (χ0) is 16.0. The molecule has 2 N–H and O–H groups in total. The van der Waals surface area contributed by atoms with Crippen LogP contribution in [-0.2, 0) is 6.61 Å². The molecule has 0 saturated heterocycles. The van der Waals surface area contributed by atoms with Gasteiger partial charge in [0, 0.05) is 17.6 Å². The van der Waals surface area contributed by atoms with Crippen LogP contribution in [-0.4, -0.2) is 46.2 Å². The number of carbonyl (C=O) groups is 1. The van der Waals surface area contributed by atoms with E-state index in [1.807, 2.05) is 0 Å². The lowest BCUT2D eigenvalue weighted by Gasteiger charge is -2.39. The van der Waals surface area contributed by atoms with Crippen molar-refractivity contribution >= 4 is 5.91 Å². The third kappa shape index (κ3) is 3.83. The molecule has 1 heterocycles. The number of aromatic nitrogens is 1. The van der Waals surface area contributed by atoms with Crippen molar-refractivity contribution in [3.63, 3.8) is 0 Å². The number of aliphatic hydroxyl groups is 1. The Kier molecular flexibility index (Phi) is 6.36. The second-order valence-electron chi connectivity index (χ2n) is 5.44. The summed E-state index contributed by atoms with van der Waals surface area (Å²) < 4.78 is 4.94. The molecule has 0 aliphatic rings. The number of likely N-dealkylation sites (N-methyl/N-ethyl adjacent to an activating group) is 1. The molecular weight excluding hydrogens is 270 g/mol. The van der Waals surface area contributed by atoms with Gasteiger partial charge in [0.05, 0.1) is 0 Å². The average molecular weight is 297 g/mol. The van der Waals surface area contributed by atoms with Gasteiger partial charge in [-0.3, -0.25) is 9.69 Å². The predicted octanol–water partition coefficient (Wildman–Crippen LogP) is 1.72. The highest BCUT2D eigenvalue weighted by atomic mass is 16.5. The molecule has 1 rings (SSSR count). The molecule has 6 heteroatoms. The van der Waals surface area contributed by atoms with Crippen LogP contribution in [0.25, 0.3) is 0 Å². The molecule has 1 amide bonds. The van der Waals surface area contributed by atoms with E-state index in [0.717, 1.165) is 19.5 Å². The van der Waals surface area contributed by atoms with E-state index in [-0.39, 0.29) is 23.7 Å². The summed E-state index contributed by atoms with van der Waals surface area (Å²) in [6, 6.07) is 0. The maximum atomic E-state index is 12.2. The highest BCUT2D eigenvalue weighted by Gasteiger charge is 2.29. The molecule has 0 aliphatic carbocycles. The molecule has 120 valence electrons. The van der Waals surface area contributed by atoms with Gasteiger partial charge < -0.3 is 14.9 Å². The Balaban J connectivity index is 2.76. The van der Waals surface area contributed by atoms with Crippen molar-refractivity contribution in [1.82, 2.24) is 15.4 Å². The van der Waals surface area contributed by atoms with Gasteiger partial charge in [0.1, 0.15) is 6.61 Å². The molecule has 0 aromatic carbocycles. The number of hydrogen-bond acceptors (Lipinski definition) is 5. The van der Waals surface area contributed by atoms with Gasteiger partial charge in [-0.05, 0) is 33.4 Å². The fourth-order valence-corrected chi connectivity index (χ4v) is 2.53. The van der Waals surface area contributed by atoms with Gasteiger partial charge >= 0.3 is 0 Å². The SMILES string of the molecule is CCN(CC)C(C)(CC)CNC(=O)c1noc(CO)c1C. The van der Waals surface area contributed by atoms with E-state index in [2.05, 4.69) is 43.1 Å². The molecular formula is C15H27N3O3. The minimum absolute atomic E-state index is 0.0867. The smallest absolute Gasteiger partial charge is 0.273 e. The van der Waals surface area contributed by atoms with Crippen LogP contribution in [0.3, 0.4) is 0 Å². The highest BCUT2D eigenvalue weighted by Crippen LogP contribution is 2.19. The molecule has 1 atom stereocenters. The lowest BCUT2D eigenvalue weighted by molar-refractivity contribution is 0.0833. The Morgan fingerprint density at radius 3 is 2.43 bits per heavy atom. The Morgan fingerprint density at radius 1 is 1.38 bits per heavy atom. The van der Waals surface area contributed by atoms with Crippen molar-refractivity contribution in [1.29, 1.82) is 0 Å². The summed E-state index contributed by atoms with van der Waals surface area (Å²) in [5, 5.41) is 15.7. The maximum Gasteiger partial charge on any atom is 0.273 e. The quantitative estimate of drug-likeness (QED) is 0.764. The summed E-state index contributed by atoms with van der Waals surface area (Å²) >= 11 is 0. The minimum atomic E-state index is -0.261. The summed E-state index contributed by atoms with van der Waals surface area (Å²) in [5.41, 5.74) is 0.754. The Hall–Kier alpha value is -1.40. The van der Waals surface area contributed by atoms with Crippen molar-refractivity contribution in [3.8, 4) is 0 Å². The number of aliphatic hydroxyl groups excluding tert-OH is 1. The summed E-state index contributed by atoms with van der Waals surface area (Å²) in [4.78, 5) is 14.6. The first-order valence-corrected chi connectivity index (χ1v) is 7.52. The van der Waals surface area contributed by atoms with Crippen LogP contribution in [0.4, 0.5) is 0 Å². The van der Waals surface area contributed by atoms with E-state index in [0.29, 0.717) is 17.9 Å². The molecule has 0 radical (unpaired) electrons. The Labute approximate surface area is 126 Å². The third-order valence-electron chi connectivity index (χ3n) is 4.30. The minimum Gasteiger partial charge on any atom is -0.388 e. The standard InChI is InChI=1S/C15H27N3O3/c1-6-15(5,18(7-2)8-3)10-16-14(20)13-11(4)12(9-19)21-17-13/h19H,6-10H2,1-5H3,(H,16,20). The van der Waals surface area contributed by atoms with Crippen LogP contribution in [0.2, 0.25) is 0 Å². The molecule has 21 heavy (non-hydrogen) atoms. The molecule has 0 bridgehead atoms. The Morgan fingerprint density at radius 2 is 2.00 bits per heavy atom. The van der Waals surface area contributed by atoms with Gasteiger partial charge in [0.2, 0.25) is 0 Å². The topological polar surface area (TPSA) is 78.6 Å². The third-order valence-corrected chi connectivity index (χ3v) is 4.30.